The molecule has 2 aromatic rings. The van der Waals surface area contributed by atoms with Crippen molar-refractivity contribution in [1.29, 1.82) is 0 Å². The zero-order valence-electron chi connectivity index (χ0n) is 15.1. The molecule has 1 aliphatic rings. The normalized spacial score (nSPS) is 18.2. The summed E-state index contributed by atoms with van der Waals surface area (Å²) >= 11 is 0. The Morgan fingerprint density at radius 2 is 1.88 bits per heavy atom. The zero-order valence-corrected chi connectivity index (χ0v) is 15.1. The highest BCUT2D eigenvalue weighted by atomic mass is 14.8. The van der Waals surface area contributed by atoms with Gasteiger partial charge >= 0.3 is 0 Å². The molecule has 0 amide bonds. The Hall–Kier alpha value is -1.67. The van der Waals surface area contributed by atoms with E-state index in [4.69, 9.17) is 4.98 Å². The molecule has 3 rings (SSSR count). The minimum Gasteiger partial charge on any atom is -0.320 e. The summed E-state index contributed by atoms with van der Waals surface area (Å²) in [7, 11) is 2.06. The molecule has 1 N–H and O–H groups in total. The first-order valence-corrected chi connectivity index (χ1v) is 9.51. The first-order chi connectivity index (χ1) is 11.8. The zero-order chi connectivity index (χ0) is 16.8. The summed E-state index contributed by atoms with van der Waals surface area (Å²) in [5.74, 6) is 1.08. The van der Waals surface area contributed by atoms with Crippen LogP contribution in [-0.2, 0) is 12.8 Å². The van der Waals surface area contributed by atoms with Crippen molar-refractivity contribution in [2.24, 2.45) is 5.92 Å². The third-order valence-corrected chi connectivity index (χ3v) is 5.40. The van der Waals surface area contributed by atoms with E-state index in [9.17, 15) is 0 Å². The molecule has 0 fully saturated rings. The first kappa shape index (κ1) is 17.2. The summed E-state index contributed by atoms with van der Waals surface area (Å²) in [6.45, 7) is 3.38. The Kier molecular flexibility index (Phi) is 6.03. The fourth-order valence-corrected chi connectivity index (χ4v) is 4.28. The van der Waals surface area contributed by atoms with Crippen LogP contribution in [0.5, 0.6) is 0 Å². The van der Waals surface area contributed by atoms with Crippen LogP contribution in [-0.4, -0.2) is 18.6 Å². The number of aromatic nitrogens is 1. The number of benzene rings is 1. The van der Waals surface area contributed by atoms with E-state index >= 15 is 0 Å². The molecule has 2 heteroatoms. The molecule has 2 unspecified atom stereocenters. The maximum absolute atomic E-state index is 4.89. The van der Waals surface area contributed by atoms with Crippen LogP contribution in [0.15, 0.2) is 42.6 Å². The molecule has 1 aliphatic carbocycles. The molecule has 128 valence electrons. The van der Waals surface area contributed by atoms with Gasteiger partial charge in [-0.3, -0.25) is 4.98 Å². The maximum atomic E-state index is 4.89. The van der Waals surface area contributed by atoms with Crippen LogP contribution in [0.3, 0.4) is 0 Å². The lowest BCUT2D eigenvalue weighted by molar-refractivity contribution is 0.385. The number of fused-ring (bicyclic) bond motifs is 2. The van der Waals surface area contributed by atoms with Crippen molar-refractivity contribution in [3.8, 4) is 0 Å². The molecule has 1 aromatic carbocycles. The minimum absolute atomic E-state index is 0.436. The lowest BCUT2D eigenvalue weighted by atomic mass is 9.74. The van der Waals surface area contributed by atoms with Gasteiger partial charge in [0, 0.05) is 12.1 Å². The first-order valence-electron chi connectivity index (χ1n) is 9.51. The van der Waals surface area contributed by atoms with E-state index in [2.05, 4.69) is 55.7 Å². The minimum atomic E-state index is 0.436. The van der Waals surface area contributed by atoms with E-state index in [0.717, 1.165) is 13.0 Å². The lowest BCUT2D eigenvalue weighted by Gasteiger charge is -2.32. The van der Waals surface area contributed by atoms with Gasteiger partial charge in [0.1, 0.15) is 0 Å². The Balaban J connectivity index is 2.09. The monoisotopic (exact) mass is 322 g/mol. The average Bonchev–Trinajstić information content (AvgIpc) is 2.60. The quantitative estimate of drug-likeness (QED) is 0.832. The van der Waals surface area contributed by atoms with E-state index in [1.165, 1.54) is 54.5 Å². The molecule has 0 aliphatic heterocycles. The highest BCUT2D eigenvalue weighted by molar-refractivity contribution is 5.40. The average molecular weight is 322 g/mol. The van der Waals surface area contributed by atoms with Crippen molar-refractivity contribution < 1.29 is 0 Å². The van der Waals surface area contributed by atoms with Crippen molar-refractivity contribution >= 4 is 0 Å². The van der Waals surface area contributed by atoms with Crippen LogP contribution in [0.2, 0.25) is 0 Å². The molecule has 0 saturated carbocycles. The second kappa shape index (κ2) is 8.43. The largest absolute Gasteiger partial charge is 0.320 e. The van der Waals surface area contributed by atoms with E-state index in [0.29, 0.717) is 11.8 Å². The molecule has 1 aromatic heterocycles. The van der Waals surface area contributed by atoms with Crippen LogP contribution in [0, 0.1) is 5.92 Å². The summed E-state index contributed by atoms with van der Waals surface area (Å²) in [6.07, 6.45) is 9.24. The number of pyridine rings is 1. The Morgan fingerprint density at radius 1 is 1.08 bits per heavy atom. The third kappa shape index (κ3) is 3.70. The van der Waals surface area contributed by atoms with Crippen LogP contribution in [0.4, 0.5) is 0 Å². The van der Waals surface area contributed by atoms with Crippen molar-refractivity contribution in [3.05, 3.63) is 65.0 Å². The molecular formula is C22H30N2. The van der Waals surface area contributed by atoms with Gasteiger partial charge < -0.3 is 5.32 Å². The molecule has 24 heavy (non-hydrogen) atoms. The van der Waals surface area contributed by atoms with Crippen molar-refractivity contribution in [2.45, 2.75) is 51.4 Å². The van der Waals surface area contributed by atoms with Gasteiger partial charge in [-0.15, -0.1) is 0 Å². The Labute approximate surface area is 146 Å². The SMILES string of the molecule is CCCC(CCNC)C1c2ccccc2CCCc2cccnc21. The molecular weight excluding hydrogens is 292 g/mol. The van der Waals surface area contributed by atoms with Crippen molar-refractivity contribution in [3.63, 3.8) is 0 Å². The highest BCUT2D eigenvalue weighted by Crippen LogP contribution is 2.40. The fraction of sp³-hybridized carbons (Fsp3) is 0.500. The van der Waals surface area contributed by atoms with Crippen molar-refractivity contribution in [1.82, 2.24) is 10.3 Å². The second-order valence-electron chi connectivity index (χ2n) is 7.02. The second-order valence-corrected chi connectivity index (χ2v) is 7.02. The Bertz CT molecular complexity index is 602. The molecule has 0 spiro atoms. The number of hydrogen-bond donors (Lipinski definition) is 1. The highest BCUT2D eigenvalue weighted by Gasteiger charge is 2.29. The lowest BCUT2D eigenvalue weighted by Crippen LogP contribution is -2.23. The molecule has 2 nitrogen and oxygen atoms in total. The van der Waals surface area contributed by atoms with Crippen LogP contribution in [0.1, 0.15) is 60.9 Å². The van der Waals surface area contributed by atoms with Crippen molar-refractivity contribution in [2.75, 3.05) is 13.6 Å². The number of hydrogen-bond acceptors (Lipinski definition) is 2. The van der Waals surface area contributed by atoms with E-state index < -0.39 is 0 Å². The topological polar surface area (TPSA) is 24.9 Å². The standard InChI is InChI=1S/C22H30N2/c1-3-8-18(14-16-23-2)21-20-13-5-4-9-17(20)10-6-11-19-12-7-15-24-22(19)21/h4-5,7,9,12-13,15,18,21,23H,3,6,8,10-11,14,16H2,1-2H3. The van der Waals surface area contributed by atoms with E-state index in [1.807, 2.05) is 6.20 Å². The van der Waals surface area contributed by atoms with Crippen LogP contribution >= 0.6 is 0 Å². The van der Waals surface area contributed by atoms with Gasteiger partial charge in [-0.25, -0.2) is 0 Å². The van der Waals surface area contributed by atoms with Crippen LogP contribution in [0.25, 0.3) is 0 Å². The number of nitrogens with zero attached hydrogens (tertiary/aromatic N) is 1. The number of rotatable bonds is 6. The van der Waals surface area contributed by atoms with Gasteiger partial charge in [-0.1, -0.05) is 43.7 Å². The maximum Gasteiger partial charge on any atom is 0.0513 e. The Morgan fingerprint density at radius 3 is 2.71 bits per heavy atom. The number of aryl methyl sites for hydroxylation is 2. The summed E-state index contributed by atoms with van der Waals surface area (Å²) in [5.41, 5.74) is 5.85. The molecule has 1 heterocycles. The van der Waals surface area contributed by atoms with Gasteiger partial charge in [-0.05, 0) is 74.4 Å². The molecule has 0 saturated heterocycles. The van der Waals surface area contributed by atoms with Gasteiger partial charge in [0.2, 0.25) is 0 Å². The van der Waals surface area contributed by atoms with Crippen LogP contribution < -0.4 is 5.32 Å². The van der Waals surface area contributed by atoms with Gasteiger partial charge in [0.05, 0.1) is 5.69 Å². The molecule has 0 bridgehead atoms. The smallest absolute Gasteiger partial charge is 0.0513 e. The summed E-state index contributed by atoms with van der Waals surface area (Å²) in [5, 5.41) is 3.35. The predicted octanol–water partition coefficient (Wildman–Crippen LogP) is 4.73. The fourth-order valence-electron chi connectivity index (χ4n) is 4.28. The summed E-state index contributed by atoms with van der Waals surface area (Å²) < 4.78 is 0. The van der Waals surface area contributed by atoms with E-state index in [1.54, 1.807) is 0 Å². The van der Waals surface area contributed by atoms with Gasteiger partial charge in [-0.2, -0.15) is 0 Å². The molecule has 2 atom stereocenters. The summed E-state index contributed by atoms with van der Waals surface area (Å²) in [4.78, 5) is 4.89. The third-order valence-electron chi connectivity index (χ3n) is 5.40. The summed E-state index contributed by atoms with van der Waals surface area (Å²) in [6, 6.07) is 13.5. The van der Waals surface area contributed by atoms with Gasteiger partial charge in [0.15, 0.2) is 0 Å². The predicted molar refractivity (Wildman–Crippen MR) is 101 cm³/mol. The van der Waals surface area contributed by atoms with Gasteiger partial charge in [0.25, 0.3) is 0 Å². The van der Waals surface area contributed by atoms with E-state index in [-0.39, 0.29) is 0 Å². The number of nitrogens with one attached hydrogen (secondary N) is 1. The molecule has 0 radical (unpaired) electrons.